The zero-order valence-corrected chi connectivity index (χ0v) is 12.3. The van der Waals surface area contributed by atoms with Gasteiger partial charge in [-0.2, -0.15) is 0 Å². The molecule has 0 aromatic heterocycles. The molecule has 2 saturated heterocycles. The summed E-state index contributed by atoms with van der Waals surface area (Å²) in [6.45, 7) is 5.24. The topological polar surface area (TPSA) is 50.8 Å². The molecular weight excluding hydrogens is 268 g/mol. The minimum absolute atomic E-state index is 0.0319. The second-order valence-corrected chi connectivity index (χ2v) is 5.65. The number of carbonyl (C=O) groups is 1. The fourth-order valence-corrected chi connectivity index (χ4v) is 2.91. The summed E-state index contributed by atoms with van der Waals surface area (Å²) in [6.07, 6.45) is -0.389. The lowest BCUT2D eigenvalue weighted by Gasteiger charge is -2.39. The molecule has 1 aromatic carbocycles. The second-order valence-electron chi connectivity index (χ2n) is 5.65. The second kappa shape index (κ2) is 6.56. The first kappa shape index (κ1) is 14.5. The number of ether oxygens (including phenoxy) is 2. The number of morpholine rings is 2. The fraction of sp³-hybridized carbons (Fsp3) is 0.562. The van der Waals surface area contributed by atoms with Gasteiger partial charge in [-0.15, -0.1) is 0 Å². The lowest BCUT2D eigenvalue weighted by Crippen LogP contribution is -2.54. The number of hydrogen-bond donors (Lipinski definition) is 1. The van der Waals surface area contributed by atoms with E-state index in [1.807, 2.05) is 42.2 Å². The van der Waals surface area contributed by atoms with Crippen LogP contribution >= 0.6 is 0 Å². The Bertz CT molecular complexity index is 474. The van der Waals surface area contributed by atoms with E-state index in [0.717, 1.165) is 12.1 Å². The molecule has 0 spiro atoms. The van der Waals surface area contributed by atoms with Crippen molar-refractivity contribution in [3.63, 3.8) is 0 Å². The molecule has 1 amide bonds. The van der Waals surface area contributed by atoms with E-state index in [2.05, 4.69) is 5.32 Å². The first-order valence-corrected chi connectivity index (χ1v) is 7.55. The predicted octanol–water partition coefficient (Wildman–Crippen LogP) is 0.963. The van der Waals surface area contributed by atoms with Gasteiger partial charge in [-0.05, 0) is 12.5 Å². The molecule has 0 radical (unpaired) electrons. The van der Waals surface area contributed by atoms with Gasteiger partial charge in [0, 0.05) is 19.6 Å². The summed E-state index contributed by atoms with van der Waals surface area (Å²) in [7, 11) is 0. The number of benzene rings is 1. The quantitative estimate of drug-likeness (QED) is 0.881. The molecule has 3 atom stereocenters. The maximum atomic E-state index is 12.6. The van der Waals surface area contributed by atoms with Crippen LogP contribution < -0.4 is 5.32 Å². The number of rotatable bonds is 2. The van der Waals surface area contributed by atoms with Gasteiger partial charge in [-0.3, -0.25) is 4.79 Å². The molecule has 2 fully saturated rings. The number of hydrogen-bond acceptors (Lipinski definition) is 4. The van der Waals surface area contributed by atoms with Crippen LogP contribution in [0.1, 0.15) is 18.6 Å². The van der Waals surface area contributed by atoms with E-state index in [-0.39, 0.29) is 24.2 Å². The maximum absolute atomic E-state index is 12.6. The Labute approximate surface area is 125 Å². The molecule has 114 valence electrons. The summed E-state index contributed by atoms with van der Waals surface area (Å²) in [5, 5.41) is 3.21. The van der Waals surface area contributed by atoms with Crippen molar-refractivity contribution in [3.05, 3.63) is 35.9 Å². The molecule has 5 heteroatoms. The lowest BCUT2D eigenvalue weighted by atomic mass is 10.1. The smallest absolute Gasteiger partial charge is 0.253 e. The standard InChI is InChI=1S/C16H22N2O3/c1-12-10-18(16(19)14-9-17-7-8-20-14)11-15(21-12)13-5-3-2-4-6-13/h2-6,12,14-15,17H,7-11H2,1H3/t12-,14+,15+/m1/s1. The fourth-order valence-electron chi connectivity index (χ4n) is 2.91. The van der Waals surface area contributed by atoms with Crippen LogP contribution in [0.25, 0.3) is 0 Å². The SMILES string of the molecule is C[C@@H]1CN(C(=O)[C@@H]2CNCCO2)C[C@@H](c2ccccc2)O1. The number of carbonyl (C=O) groups excluding carboxylic acids is 1. The van der Waals surface area contributed by atoms with Crippen LogP contribution in [0.5, 0.6) is 0 Å². The molecule has 2 aliphatic rings. The largest absolute Gasteiger partial charge is 0.367 e. The van der Waals surface area contributed by atoms with Crippen LogP contribution in [-0.4, -0.2) is 55.8 Å². The lowest BCUT2D eigenvalue weighted by molar-refractivity contribution is -0.157. The monoisotopic (exact) mass is 290 g/mol. The molecule has 3 rings (SSSR count). The molecule has 0 unspecified atom stereocenters. The van der Waals surface area contributed by atoms with Gasteiger partial charge in [-0.25, -0.2) is 0 Å². The Morgan fingerprint density at radius 1 is 1.29 bits per heavy atom. The van der Waals surface area contributed by atoms with Gasteiger partial charge >= 0.3 is 0 Å². The average Bonchev–Trinajstić information content (AvgIpc) is 2.55. The summed E-state index contributed by atoms with van der Waals surface area (Å²) in [4.78, 5) is 14.5. The number of amides is 1. The first-order chi connectivity index (χ1) is 10.2. The van der Waals surface area contributed by atoms with Crippen molar-refractivity contribution in [3.8, 4) is 0 Å². The molecule has 2 aliphatic heterocycles. The highest BCUT2D eigenvalue weighted by molar-refractivity contribution is 5.81. The van der Waals surface area contributed by atoms with Gasteiger partial charge in [0.15, 0.2) is 0 Å². The first-order valence-electron chi connectivity index (χ1n) is 7.55. The van der Waals surface area contributed by atoms with E-state index < -0.39 is 0 Å². The highest BCUT2D eigenvalue weighted by Gasteiger charge is 2.33. The zero-order chi connectivity index (χ0) is 14.7. The highest BCUT2D eigenvalue weighted by atomic mass is 16.5. The molecular formula is C16H22N2O3. The predicted molar refractivity (Wildman–Crippen MR) is 78.9 cm³/mol. The average molecular weight is 290 g/mol. The van der Waals surface area contributed by atoms with Crippen molar-refractivity contribution in [1.29, 1.82) is 0 Å². The molecule has 21 heavy (non-hydrogen) atoms. The van der Waals surface area contributed by atoms with Crippen molar-refractivity contribution >= 4 is 5.91 Å². The third kappa shape index (κ3) is 3.43. The van der Waals surface area contributed by atoms with Crippen LogP contribution in [0.3, 0.4) is 0 Å². The van der Waals surface area contributed by atoms with E-state index in [9.17, 15) is 4.79 Å². The summed E-state index contributed by atoms with van der Waals surface area (Å²) < 4.78 is 11.6. The Balaban J connectivity index is 1.69. The van der Waals surface area contributed by atoms with Crippen LogP contribution in [0.4, 0.5) is 0 Å². The number of nitrogens with zero attached hydrogens (tertiary/aromatic N) is 1. The van der Waals surface area contributed by atoms with Gasteiger partial charge in [0.1, 0.15) is 12.2 Å². The van der Waals surface area contributed by atoms with E-state index in [4.69, 9.17) is 9.47 Å². The van der Waals surface area contributed by atoms with Crippen LogP contribution in [0.15, 0.2) is 30.3 Å². The Kier molecular flexibility index (Phi) is 4.53. The van der Waals surface area contributed by atoms with Crippen LogP contribution in [0, 0.1) is 0 Å². The summed E-state index contributed by atoms with van der Waals surface area (Å²) in [5.74, 6) is 0.0679. The summed E-state index contributed by atoms with van der Waals surface area (Å²) in [5.41, 5.74) is 1.12. The van der Waals surface area contributed by atoms with Gasteiger partial charge in [-0.1, -0.05) is 30.3 Å². The normalized spacial score (nSPS) is 30.1. The van der Waals surface area contributed by atoms with Crippen molar-refractivity contribution in [2.24, 2.45) is 0 Å². The van der Waals surface area contributed by atoms with Gasteiger partial charge in [0.2, 0.25) is 0 Å². The summed E-state index contributed by atoms with van der Waals surface area (Å²) >= 11 is 0. The molecule has 1 N–H and O–H groups in total. The van der Waals surface area contributed by atoms with Crippen molar-refractivity contribution < 1.29 is 14.3 Å². The molecule has 0 aliphatic carbocycles. The Morgan fingerprint density at radius 3 is 2.81 bits per heavy atom. The Morgan fingerprint density at radius 2 is 2.10 bits per heavy atom. The van der Waals surface area contributed by atoms with E-state index >= 15 is 0 Å². The van der Waals surface area contributed by atoms with E-state index in [1.165, 1.54) is 0 Å². The minimum Gasteiger partial charge on any atom is -0.367 e. The van der Waals surface area contributed by atoms with Crippen LogP contribution in [0.2, 0.25) is 0 Å². The van der Waals surface area contributed by atoms with Crippen molar-refractivity contribution in [2.75, 3.05) is 32.8 Å². The molecule has 2 heterocycles. The van der Waals surface area contributed by atoms with E-state index in [1.54, 1.807) is 0 Å². The van der Waals surface area contributed by atoms with Gasteiger partial charge in [0.25, 0.3) is 5.91 Å². The molecule has 0 saturated carbocycles. The van der Waals surface area contributed by atoms with Gasteiger partial charge < -0.3 is 19.7 Å². The van der Waals surface area contributed by atoms with Crippen LogP contribution in [-0.2, 0) is 14.3 Å². The van der Waals surface area contributed by atoms with E-state index in [0.29, 0.717) is 26.2 Å². The Hall–Kier alpha value is -1.43. The minimum atomic E-state index is -0.361. The molecule has 0 bridgehead atoms. The highest BCUT2D eigenvalue weighted by Crippen LogP contribution is 2.25. The maximum Gasteiger partial charge on any atom is 0.253 e. The third-order valence-electron chi connectivity index (χ3n) is 3.95. The third-order valence-corrected chi connectivity index (χ3v) is 3.95. The molecule has 5 nitrogen and oxygen atoms in total. The van der Waals surface area contributed by atoms with Crippen molar-refractivity contribution in [1.82, 2.24) is 10.2 Å². The number of nitrogens with one attached hydrogen (secondary N) is 1. The zero-order valence-electron chi connectivity index (χ0n) is 12.3. The van der Waals surface area contributed by atoms with Crippen molar-refractivity contribution in [2.45, 2.75) is 25.2 Å². The summed E-state index contributed by atoms with van der Waals surface area (Å²) in [6, 6.07) is 10.1. The molecule has 1 aromatic rings. The van der Waals surface area contributed by atoms with Gasteiger partial charge in [0.05, 0.1) is 19.3 Å².